The molecule has 1 aromatic carbocycles. The number of aryl methyl sites for hydroxylation is 1. The van der Waals surface area contributed by atoms with Gasteiger partial charge in [0.25, 0.3) is 0 Å². The molecule has 3 atom stereocenters. The lowest BCUT2D eigenvalue weighted by molar-refractivity contribution is -0.129. The van der Waals surface area contributed by atoms with Crippen molar-refractivity contribution in [3.8, 4) is 0 Å². The molecular formula is C24H32N6O3. The highest BCUT2D eigenvalue weighted by Gasteiger charge is 2.31. The molecule has 2 heterocycles. The monoisotopic (exact) mass is 452 g/mol. The van der Waals surface area contributed by atoms with Crippen LogP contribution >= 0.6 is 0 Å². The molecule has 1 saturated heterocycles. The summed E-state index contributed by atoms with van der Waals surface area (Å²) >= 11 is 0. The number of anilines is 1. The second kappa shape index (κ2) is 11.4. The number of nitrogens with one attached hydrogen (secondary N) is 3. The van der Waals surface area contributed by atoms with E-state index in [1.54, 1.807) is 6.07 Å². The fourth-order valence-electron chi connectivity index (χ4n) is 4.02. The van der Waals surface area contributed by atoms with Crippen LogP contribution in [0.5, 0.6) is 0 Å². The van der Waals surface area contributed by atoms with Gasteiger partial charge in [0.2, 0.25) is 17.7 Å². The Hall–Kier alpha value is -3.46. The Morgan fingerprint density at radius 3 is 2.64 bits per heavy atom. The molecule has 33 heavy (non-hydrogen) atoms. The number of pyridine rings is 1. The first-order valence-corrected chi connectivity index (χ1v) is 11.2. The van der Waals surface area contributed by atoms with Gasteiger partial charge in [-0.15, -0.1) is 0 Å². The third-order valence-corrected chi connectivity index (χ3v) is 5.92. The minimum absolute atomic E-state index is 0.0596. The Kier molecular flexibility index (Phi) is 8.37. The fraction of sp³-hybridized carbons (Fsp3) is 0.417. The maximum absolute atomic E-state index is 12.7. The van der Waals surface area contributed by atoms with Gasteiger partial charge >= 0.3 is 0 Å². The molecule has 0 spiro atoms. The van der Waals surface area contributed by atoms with Crippen molar-refractivity contribution in [3.63, 3.8) is 0 Å². The molecule has 2 aromatic rings. The number of nitrogens with two attached hydrogens (primary N) is 2. The molecule has 1 aromatic heterocycles. The maximum atomic E-state index is 12.7. The number of rotatable bonds is 10. The normalized spacial score (nSPS) is 18.5. The van der Waals surface area contributed by atoms with Gasteiger partial charge in [-0.2, -0.15) is 0 Å². The standard InChI is InChI=1S/C24H32N6O3/c1-15-18(7-9-21(25)29-15)14-28-22(31)10-8-19(23(26)32)30-24(33)20-12-17(13-27-20)11-16-5-3-2-4-6-16/h2-7,9,17,19-20,27H,8,10-14H2,1H3,(H2,25,29)(H2,26,32)(H,28,31)(H,30,33)/t17-,19-,20+/m0/s1. The minimum Gasteiger partial charge on any atom is -0.384 e. The van der Waals surface area contributed by atoms with Crippen LogP contribution in [0.25, 0.3) is 0 Å². The van der Waals surface area contributed by atoms with E-state index < -0.39 is 11.9 Å². The summed E-state index contributed by atoms with van der Waals surface area (Å²) < 4.78 is 0. The second-order valence-electron chi connectivity index (χ2n) is 8.51. The lowest BCUT2D eigenvalue weighted by Crippen LogP contribution is -2.50. The van der Waals surface area contributed by atoms with Crippen LogP contribution in [0, 0.1) is 12.8 Å². The number of primary amides is 1. The van der Waals surface area contributed by atoms with Crippen molar-refractivity contribution in [1.82, 2.24) is 20.9 Å². The first-order chi connectivity index (χ1) is 15.8. The van der Waals surface area contributed by atoms with Crippen LogP contribution in [-0.2, 0) is 27.3 Å². The van der Waals surface area contributed by atoms with Gasteiger partial charge in [0, 0.05) is 18.7 Å². The number of hydrogen-bond acceptors (Lipinski definition) is 6. The molecule has 1 aliphatic heterocycles. The van der Waals surface area contributed by atoms with Crippen LogP contribution < -0.4 is 27.4 Å². The van der Waals surface area contributed by atoms with Crippen LogP contribution in [0.3, 0.4) is 0 Å². The van der Waals surface area contributed by atoms with Gasteiger partial charge < -0.3 is 27.4 Å². The van der Waals surface area contributed by atoms with Gasteiger partial charge in [0.15, 0.2) is 0 Å². The maximum Gasteiger partial charge on any atom is 0.240 e. The molecule has 0 bridgehead atoms. The Morgan fingerprint density at radius 2 is 1.94 bits per heavy atom. The zero-order valence-electron chi connectivity index (χ0n) is 18.8. The summed E-state index contributed by atoms with van der Waals surface area (Å²) in [5.41, 5.74) is 13.9. The molecule has 7 N–H and O–H groups in total. The van der Waals surface area contributed by atoms with Crippen molar-refractivity contribution < 1.29 is 14.4 Å². The second-order valence-corrected chi connectivity index (χ2v) is 8.51. The molecule has 3 amide bonds. The van der Waals surface area contributed by atoms with Gasteiger partial charge in [-0.25, -0.2) is 4.98 Å². The highest BCUT2D eigenvalue weighted by Crippen LogP contribution is 2.19. The van der Waals surface area contributed by atoms with E-state index >= 15 is 0 Å². The zero-order valence-corrected chi connectivity index (χ0v) is 18.8. The van der Waals surface area contributed by atoms with E-state index in [-0.39, 0.29) is 30.7 Å². The molecule has 3 rings (SSSR count). The molecule has 9 heteroatoms. The van der Waals surface area contributed by atoms with E-state index in [0.29, 0.717) is 24.7 Å². The molecule has 0 saturated carbocycles. The summed E-state index contributed by atoms with van der Waals surface area (Å²) in [6, 6.07) is 12.3. The van der Waals surface area contributed by atoms with E-state index in [2.05, 4.69) is 33.1 Å². The number of carbonyl (C=O) groups excluding carboxylic acids is 3. The summed E-state index contributed by atoms with van der Waals surface area (Å²) in [6.07, 6.45) is 1.76. The quantitative estimate of drug-likeness (QED) is 0.355. The Balaban J connectivity index is 1.43. The fourth-order valence-corrected chi connectivity index (χ4v) is 4.02. The lowest BCUT2D eigenvalue weighted by Gasteiger charge is -2.18. The SMILES string of the molecule is Cc1nc(N)ccc1CNC(=O)CC[C@H](NC(=O)[C@H]1C[C@H](Cc2ccccc2)CN1)C(N)=O. The molecule has 0 radical (unpaired) electrons. The average molecular weight is 453 g/mol. The lowest BCUT2D eigenvalue weighted by atomic mass is 9.96. The van der Waals surface area contributed by atoms with Crippen molar-refractivity contribution in [2.24, 2.45) is 11.7 Å². The van der Waals surface area contributed by atoms with Crippen molar-refractivity contribution >= 4 is 23.5 Å². The molecule has 9 nitrogen and oxygen atoms in total. The molecule has 176 valence electrons. The summed E-state index contributed by atoms with van der Waals surface area (Å²) in [7, 11) is 0. The van der Waals surface area contributed by atoms with E-state index in [0.717, 1.165) is 24.2 Å². The predicted octanol–water partition coefficient (Wildman–Crippen LogP) is 0.560. The molecule has 1 aliphatic rings. The number of aromatic nitrogens is 1. The highest BCUT2D eigenvalue weighted by atomic mass is 16.2. The van der Waals surface area contributed by atoms with Crippen molar-refractivity contribution in [1.29, 1.82) is 0 Å². The largest absolute Gasteiger partial charge is 0.384 e. The van der Waals surface area contributed by atoms with Crippen LogP contribution in [0.2, 0.25) is 0 Å². The summed E-state index contributed by atoms with van der Waals surface area (Å²) in [5.74, 6) is -0.404. The smallest absolute Gasteiger partial charge is 0.240 e. The molecule has 1 fully saturated rings. The van der Waals surface area contributed by atoms with Gasteiger partial charge in [0.1, 0.15) is 11.9 Å². The third-order valence-electron chi connectivity index (χ3n) is 5.92. The molecule has 0 aliphatic carbocycles. The Labute approximate surface area is 193 Å². The van der Waals surface area contributed by atoms with E-state index in [1.807, 2.05) is 31.2 Å². The van der Waals surface area contributed by atoms with E-state index in [9.17, 15) is 14.4 Å². The van der Waals surface area contributed by atoms with E-state index in [4.69, 9.17) is 11.5 Å². The van der Waals surface area contributed by atoms with Crippen LogP contribution in [0.15, 0.2) is 42.5 Å². The molecular weight excluding hydrogens is 420 g/mol. The van der Waals surface area contributed by atoms with Crippen molar-refractivity contribution in [2.75, 3.05) is 12.3 Å². The number of nitrogens with zero attached hydrogens (tertiary/aromatic N) is 1. The topological polar surface area (TPSA) is 152 Å². The Morgan fingerprint density at radius 1 is 1.18 bits per heavy atom. The third kappa shape index (κ3) is 7.28. The first kappa shape index (κ1) is 24.2. The molecule has 0 unspecified atom stereocenters. The highest BCUT2D eigenvalue weighted by molar-refractivity contribution is 5.89. The van der Waals surface area contributed by atoms with Gasteiger partial charge in [-0.1, -0.05) is 36.4 Å². The van der Waals surface area contributed by atoms with Gasteiger partial charge in [0.05, 0.1) is 6.04 Å². The zero-order chi connectivity index (χ0) is 23.8. The summed E-state index contributed by atoms with van der Waals surface area (Å²) in [5, 5.41) is 8.73. The van der Waals surface area contributed by atoms with Crippen LogP contribution in [-0.4, -0.2) is 41.3 Å². The predicted molar refractivity (Wildman–Crippen MR) is 126 cm³/mol. The first-order valence-electron chi connectivity index (χ1n) is 11.2. The minimum atomic E-state index is -0.904. The number of amides is 3. The number of benzene rings is 1. The number of carbonyl (C=O) groups is 3. The number of hydrogen-bond donors (Lipinski definition) is 5. The Bertz CT molecular complexity index is 981. The summed E-state index contributed by atoms with van der Waals surface area (Å²) in [6.45, 7) is 2.86. The van der Waals surface area contributed by atoms with E-state index in [1.165, 1.54) is 5.56 Å². The average Bonchev–Trinajstić information content (AvgIpc) is 3.25. The number of nitrogen functional groups attached to an aromatic ring is 1. The summed E-state index contributed by atoms with van der Waals surface area (Å²) in [4.78, 5) is 40.9. The van der Waals surface area contributed by atoms with Gasteiger partial charge in [-0.3, -0.25) is 14.4 Å². The van der Waals surface area contributed by atoms with Crippen molar-refractivity contribution in [3.05, 3.63) is 59.3 Å². The van der Waals surface area contributed by atoms with Gasteiger partial charge in [-0.05, 0) is 55.8 Å². The van der Waals surface area contributed by atoms with Crippen LogP contribution in [0.4, 0.5) is 5.82 Å². The van der Waals surface area contributed by atoms with Crippen LogP contribution in [0.1, 0.15) is 36.1 Å². The van der Waals surface area contributed by atoms with Crippen molar-refractivity contribution in [2.45, 2.75) is 51.2 Å².